The summed E-state index contributed by atoms with van der Waals surface area (Å²) < 4.78 is 27.5. The van der Waals surface area contributed by atoms with Crippen molar-refractivity contribution in [1.29, 1.82) is 0 Å². The van der Waals surface area contributed by atoms with Crippen molar-refractivity contribution in [2.24, 2.45) is 5.92 Å². The Morgan fingerprint density at radius 3 is 2.73 bits per heavy atom. The van der Waals surface area contributed by atoms with E-state index in [4.69, 9.17) is 15.4 Å². The number of nitrogens with zero attached hydrogens (tertiary/aromatic N) is 1. The van der Waals surface area contributed by atoms with E-state index in [1.807, 2.05) is 13.8 Å². The Hall–Kier alpha value is -0.810. The summed E-state index contributed by atoms with van der Waals surface area (Å²) in [6.45, 7) is 4.31. The highest BCUT2D eigenvalue weighted by Gasteiger charge is 2.17. The lowest BCUT2D eigenvalue weighted by Gasteiger charge is -2.09. The molecule has 1 heterocycles. The van der Waals surface area contributed by atoms with Crippen LogP contribution in [0.2, 0.25) is 0 Å². The summed E-state index contributed by atoms with van der Waals surface area (Å²) in [5, 5.41) is 0. The Kier molecular flexibility index (Phi) is 3.93. The molecule has 0 atom stereocenters. The number of pyridine rings is 1. The molecule has 6 heteroatoms. The van der Waals surface area contributed by atoms with Crippen molar-refractivity contribution >= 4 is 19.7 Å². The van der Waals surface area contributed by atoms with Crippen molar-refractivity contribution in [2.75, 3.05) is 6.61 Å². The summed E-state index contributed by atoms with van der Waals surface area (Å²) in [7, 11) is 1.43. The molecule has 0 saturated heterocycles. The van der Waals surface area contributed by atoms with Gasteiger partial charge in [0.15, 0.2) is 0 Å². The number of hydrogen-bond acceptors (Lipinski definition) is 4. The molecule has 1 aromatic rings. The van der Waals surface area contributed by atoms with Crippen LogP contribution in [0.25, 0.3) is 0 Å². The highest BCUT2D eigenvalue weighted by atomic mass is 35.7. The van der Waals surface area contributed by atoms with Gasteiger partial charge in [-0.2, -0.15) is 0 Å². The molecular formula is C9H12ClNO3S. The fourth-order valence-electron chi connectivity index (χ4n) is 0.916. The molecule has 0 spiro atoms. The summed E-state index contributed by atoms with van der Waals surface area (Å²) in [6.07, 6.45) is 1.46. The Balaban J connectivity index is 2.98. The second-order valence-corrected chi connectivity index (χ2v) is 5.98. The highest BCUT2D eigenvalue weighted by Crippen LogP contribution is 2.24. The normalized spacial score (nSPS) is 11.7. The molecule has 0 aliphatic heterocycles. The van der Waals surface area contributed by atoms with Gasteiger partial charge >= 0.3 is 0 Å². The van der Waals surface area contributed by atoms with Gasteiger partial charge in [-0.3, -0.25) is 0 Å². The Labute approximate surface area is 93.7 Å². The van der Waals surface area contributed by atoms with E-state index in [9.17, 15) is 8.42 Å². The Morgan fingerprint density at radius 2 is 2.20 bits per heavy atom. The number of ether oxygens (including phenoxy) is 1. The first kappa shape index (κ1) is 12.3. The molecule has 0 aliphatic rings. The number of aromatic nitrogens is 1. The molecule has 0 unspecified atom stereocenters. The van der Waals surface area contributed by atoms with Crippen LogP contribution in [0.4, 0.5) is 0 Å². The predicted molar refractivity (Wildman–Crippen MR) is 57.6 cm³/mol. The number of halogens is 1. The van der Waals surface area contributed by atoms with Gasteiger partial charge in [0.25, 0.3) is 9.05 Å². The molecule has 0 saturated carbocycles. The summed E-state index contributed by atoms with van der Waals surface area (Å²) >= 11 is 0. The summed E-state index contributed by atoms with van der Waals surface area (Å²) in [5.41, 5.74) is 0. The highest BCUT2D eigenvalue weighted by molar-refractivity contribution is 8.13. The molecule has 1 aromatic heterocycles. The molecule has 0 bridgehead atoms. The van der Waals surface area contributed by atoms with Crippen LogP contribution in [0.5, 0.6) is 5.88 Å². The van der Waals surface area contributed by atoms with Crippen LogP contribution in [-0.2, 0) is 9.05 Å². The third-order valence-electron chi connectivity index (χ3n) is 1.55. The summed E-state index contributed by atoms with van der Waals surface area (Å²) in [5.74, 6) is 0.346. The minimum atomic E-state index is -3.80. The quantitative estimate of drug-likeness (QED) is 0.767. The van der Waals surface area contributed by atoms with E-state index in [1.54, 1.807) is 0 Å². The molecular weight excluding hydrogens is 238 g/mol. The standard InChI is InChI=1S/C9H12ClNO3S/c1-7(2)6-14-9-8(15(10,12)13)4-3-5-11-9/h3-5,7H,6H2,1-2H3. The van der Waals surface area contributed by atoms with Crippen molar-refractivity contribution in [3.63, 3.8) is 0 Å². The zero-order valence-electron chi connectivity index (χ0n) is 8.47. The molecule has 0 fully saturated rings. The van der Waals surface area contributed by atoms with Crippen LogP contribution in [0, 0.1) is 5.92 Å². The average Bonchev–Trinajstić information content (AvgIpc) is 2.13. The van der Waals surface area contributed by atoms with Gasteiger partial charge in [-0.25, -0.2) is 13.4 Å². The maximum atomic E-state index is 11.1. The van der Waals surface area contributed by atoms with Crippen LogP contribution >= 0.6 is 10.7 Å². The number of rotatable bonds is 4. The van der Waals surface area contributed by atoms with Crippen LogP contribution < -0.4 is 4.74 Å². The van der Waals surface area contributed by atoms with Crippen LogP contribution in [-0.4, -0.2) is 20.0 Å². The van der Waals surface area contributed by atoms with E-state index in [0.29, 0.717) is 6.61 Å². The van der Waals surface area contributed by atoms with Crippen molar-refractivity contribution < 1.29 is 13.2 Å². The van der Waals surface area contributed by atoms with Crippen molar-refractivity contribution in [2.45, 2.75) is 18.7 Å². The van der Waals surface area contributed by atoms with Crippen LogP contribution in [0.3, 0.4) is 0 Å². The smallest absolute Gasteiger partial charge is 0.266 e. The third kappa shape index (κ3) is 3.68. The van der Waals surface area contributed by atoms with Gasteiger partial charge in [0.05, 0.1) is 6.61 Å². The van der Waals surface area contributed by atoms with Gasteiger partial charge in [0.1, 0.15) is 4.90 Å². The zero-order valence-corrected chi connectivity index (χ0v) is 10.0. The monoisotopic (exact) mass is 249 g/mol. The van der Waals surface area contributed by atoms with E-state index in [0.717, 1.165) is 0 Å². The van der Waals surface area contributed by atoms with E-state index < -0.39 is 9.05 Å². The summed E-state index contributed by atoms with van der Waals surface area (Å²) in [6, 6.07) is 2.86. The van der Waals surface area contributed by atoms with E-state index >= 15 is 0 Å². The second-order valence-electron chi connectivity index (χ2n) is 3.45. The number of hydrogen-bond donors (Lipinski definition) is 0. The van der Waals surface area contributed by atoms with Crippen molar-refractivity contribution in [3.05, 3.63) is 18.3 Å². The zero-order chi connectivity index (χ0) is 11.5. The lowest BCUT2D eigenvalue weighted by molar-refractivity contribution is 0.254. The molecule has 15 heavy (non-hydrogen) atoms. The fourth-order valence-corrected chi connectivity index (χ4v) is 1.83. The SMILES string of the molecule is CC(C)COc1ncccc1S(=O)(=O)Cl. The topological polar surface area (TPSA) is 56.3 Å². The molecule has 84 valence electrons. The predicted octanol–water partition coefficient (Wildman–Crippen LogP) is 2.04. The van der Waals surface area contributed by atoms with Gasteiger partial charge in [-0.1, -0.05) is 13.8 Å². The summed E-state index contributed by atoms with van der Waals surface area (Å²) in [4.78, 5) is 3.74. The third-order valence-corrected chi connectivity index (χ3v) is 2.89. The minimum Gasteiger partial charge on any atom is -0.476 e. The molecule has 1 rings (SSSR count). The lowest BCUT2D eigenvalue weighted by atomic mass is 10.2. The average molecular weight is 250 g/mol. The van der Waals surface area contributed by atoms with Crippen LogP contribution in [0.15, 0.2) is 23.2 Å². The largest absolute Gasteiger partial charge is 0.476 e. The molecule has 0 aromatic carbocycles. The van der Waals surface area contributed by atoms with Gasteiger partial charge < -0.3 is 4.74 Å². The Morgan fingerprint density at radius 1 is 1.53 bits per heavy atom. The van der Waals surface area contributed by atoms with Gasteiger partial charge in [-0.15, -0.1) is 0 Å². The van der Waals surface area contributed by atoms with Gasteiger partial charge in [0, 0.05) is 16.9 Å². The molecule has 0 radical (unpaired) electrons. The van der Waals surface area contributed by atoms with E-state index in [-0.39, 0.29) is 16.7 Å². The molecule has 4 nitrogen and oxygen atoms in total. The van der Waals surface area contributed by atoms with E-state index in [2.05, 4.69) is 4.98 Å². The maximum Gasteiger partial charge on any atom is 0.266 e. The molecule has 0 aliphatic carbocycles. The van der Waals surface area contributed by atoms with Crippen molar-refractivity contribution in [1.82, 2.24) is 4.98 Å². The van der Waals surface area contributed by atoms with E-state index in [1.165, 1.54) is 18.3 Å². The lowest BCUT2D eigenvalue weighted by Crippen LogP contribution is -2.08. The first-order valence-corrected chi connectivity index (χ1v) is 6.74. The van der Waals surface area contributed by atoms with Gasteiger partial charge in [0.2, 0.25) is 5.88 Å². The fraction of sp³-hybridized carbons (Fsp3) is 0.444. The second kappa shape index (κ2) is 4.81. The molecule has 0 amide bonds. The first-order chi connectivity index (χ1) is 6.91. The molecule has 0 N–H and O–H groups in total. The maximum absolute atomic E-state index is 11.1. The van der Waals surface area contributed by atoms with Crippen molar-refractivity contribution in [3.8, 4) is 5.88 Å². The van der Waals surface area contributed by atoms with Crippen LogP contribution in [0.1, 0.15) is 13.8 Å². The van der Waals surface area contributed by atoms with Gasteiger partial charge in [-0.05, 0) is 18.1 Å². The minimum absolute atomic E-state index is 0.0567. The first-order valence-electron chi connectivity index (χ1n) is 4.43. The Bertz CT molecular complexity index is 431.